The number of carbonyl (C=O) groups is 1. The molecule has 0 saturated carbocycles. The van der Waals surface area contributed by atoms with Crippen LogP contribution in [0.4, 0.5) is 0 Å². The van der Waals surface area contributed by atoms with Crippen LogP contribution in [-0.4, -0.2) is 39.9 Å². The van der Waals surface area contributed by atoms with E-state index >= 15 is 0 Å². The molecular weight excluding hydrogens is 290 g/mol. The maximum absolute atomic E-state index is 11.4. The van der Waals surface area contributed by atoms with Crippen molar-refractivity contribution >= 4 is 25.6 Å². The minimum absolute atomic E-state index is 0.0236. The zero-order valence-corrected chi connectivity index (χ0v) is 12.8. The fourth-order valence-electron chi connectivity index (χ4n) is 1.54. The number of hydrogen-bond acceptors (Lipinski definition) is 4. The van der Waals surface area contributed by atoms with Gasteiger partial charge in [0.1, 0.15) is 5.75 Å². The number of nitrogens with zero attached hydrogens (tertiary/aromatic N) is 1. The van der Waals surface area contributed by atoms with Crippen molar-refractivity contribution in [1.82, 2.24) is 4.90 Å². The van der Waals surface area contributed by atoms with Crippen molar-refractivity contribution < 1.29 is 17.9 Å². The Bertz CT molecular complexity index is 573. The molecule has 1 amide bonds. The predicted octanol–water partition coefficient (Wildman–Crippen LogP) is 1.70. The largest absolute Gasteiger partial charge is 0.483 e. The number of likely N-dealkylation sites (N-methyl/N-ethyl adjacent to an activating group) is 1. The topological polar surface area (TPSA) is 63.7 Å². The van der Waals surface area contributed by atoms with Crippen LogP contribution in [0.2, 0.25) is 0 Å². The first kappa shape index (κ1) is 15.8. The first-order valence-electron chi connectivity index (χ1n) is 5.51. The molecule has 0 saturated heterocycles. The number of rotatable bonds is 4. The lowest BCUT2D eigenvalue weighted by Gasteiger charge is -2.15. The first-order chi connectivity index (χ1) is 8.62. The molecule has 0 spiro atoms. The third-order valence-electron chi connectivity index (χ3n) is 2.55. The zero-order valence-electron chi connectivity index (χ0n) is 11.2. The molecule has 1 aromatic rings. The molecule has 1 aromatic carbocycles. The van der Waals surface area contributed by atoms with E-state index in [0.717, 1.165) is 0 Å². The van der Waals surface area contributed by atoms with E-state index in [1.807, 2.05) is 0 Å². The van der Waals surface area contributed by atoms with Gasteiger partial charge in [-0.2, -0.15) is 0 Å². The molecule has 0 N–H and O–H groups in total. The summed E-state index contributed by atoms with van der Waals surface area (Å²) in [4.78, 5) is 12.9. The summed E-state index contributed by atoms with van der Waals surface area (Å²) in [5, 5.41) is 0. The highest BCUT2D eigenvalue weighted by Gasteiger charge is 2.15. The van der Waals surface area contributed by atoms with Crippen LogP contribution in [0.5, 0.6) is 5.75 Å². The van der Waals surface area contributed by atoms with Crippen molar-refractivity contribution in [2.24, 2.45) is 0 Å². The summed E-state index contributed by atoms with van der Waals surface area (Å²) in [6, 6.07) is 2.84. The molecule has 7 heteroatoms. The SMILES string of the molecule is Cc1cc(S(=O)(=O)Cl)cc(C)c1OCC(=O)N(C)C. The summed E-state index contributed by atoms with van der Waals surface area (Å²) in [5.41, 5.74) is 1.23. The second-order valence-electron chi connectivity index (χ2n) is 4.40. The average molecular weight is 306 g/mol. The van der Waals surface area contributed by atoms with Gasteiger partial charge < -0.3 is 9.64 Å². The normalized spacial score (nSPS) is 11.2. The molecule has 5 nitrogen and oxygen atoms in total. The van der Waals surface area contributed by atoms with Gasteiger partial charge in [-0.3, -0.25) is 4.79 Å². The summed E-state index contributed by atoms with van der Waals surface area (Å²) in [7, 11) is 4.79. The van der Waals surface area contributed by atoms with Gasteiger partial charge >= 0.3 is 0 Å². The van der Waals surface area contributed by atoms with Crippen LogP contribution in [-0.2, 0) is 13.8 Å². The highest BCUT2D eigenvalue weighted by atomic mass is 35.7. The van der Waals surface area contributed by atoms with Gasteiger partial charge in [0.15, 0.2) is 6.61 Å². The van der Waals surface area contributed by atoms with Crippen LogP contribution < -0.4 is 4.74 Å². The molecule has 0 aliphatic rings. The standard InChI is InChI=1S/C12H16ClNO4S/c1-8-5-10(19(13,16)17)6-9(2)12(8)18-7-11(15)14(3)4/h5-6H,7H2,1-4H3. The minimum Gasteiger partial charge on any atom is -0.483 e. The van der Waals surface area contributed by atoms with Gasteiger partial charge in [0, 0.05) is 24.8 Å². The number of ether oxygens (including phenoxy) is 1. The number of amides is 1. The molecule has 0 bridgehead atoms. The Morgan fingerprint density at radius 1 is 1.26 bits per heavy atom. The number of aryl methyl sites for hydroxylation is 2. The van der Waals surface area contributed by atoms with Gasteiger partial charge in [-0.1, -0.05) is 0 Å². The summed E-state index contributed by atoms with van der Waals surface area (Å²) in [6.07, 6.45) is 0. The van der Waals surface area contributed by atoms with Crippen LogP contribution >= 0.6 is 10.7 Å². The van der Waals surface area contributed by atoms with Gasteiger partial charge in [-0.25, -0.2) is 8.42 Å². The van der Waals surface area contributed by atoms with Crippen molar-refractivity contribution in [3.8, 4) is 5.75 Å². The Hall–Kier alpha value is -1.27. The van der Waals surface area contributed by atoms with Gasteiger partial charge in [0.2, 0.25) is 0 Å². The fourth-order valence-corrected chi connectivity index (χ4v) is 2.44. The molecule has 0 radical (unpaired) electrons. The van der Waals surface area contributed by atoms with E-state index in [1.54, 1.807) is 27.9 Å². The molecule has 106 valence electrons. The number of hydrogen-bond donors (Lipinski definition) is 0. The maximum atomic E-state index is 11.4. The van der Waals surface area contributed by atoms with E-state index in [0.29, 0.717) is 16.9 Å². The number of benzene rings is 1. The van der Waals surface area contributed by atoms with Crippen molar-refractivity contribution in [2.45, 2.75) is 18.7 Å². The summed E-state index contributed by atoms with van der Waals surface area (Å²) < 4.78 is 28.0. The van der Waals surface area contributed by atoms with Gasteiger partial charge in [-0.15, -0.1) is 0 Å². The number of carbonyl (C=O) groups excluding carboxylic acids is 1. The molecule has 0 heterocycles. The summed E-state index contributed by atoms with van der Waals surface area (Å²) in [6.45, 7) is 3.31. The van der Waals surface area contributed by atoms with E-state index in [-0.39, 0.29) is 17.4 Å². The Kier molecular flexibility index (Phi) is 4.81. The van der Waals surface area contributed by atoms with Gasteiger partial charge in [-0.05, 0) is 37.1 Å². The Labute approximate surface area is 117 Å². The minimum atomic E-state index is -3.77. The van der Waals surface area contributed by atoms with Gasteiger partial charge in [0.05, 0.1) is 4.90 Å². The molecular formula is C12H16ClNO4S. The van der Waals surface area contributed by atoms with E-state index in [1.165, 1.54) is 17.0 Å². The number of halogens is 1. The molecule has 0 unspecified atom stereocenters. The average Bonchev–Trinajstić information content (AvgIpc) is 2.25. The lowest BCUT2D eigenvalue weighted by molar-refractivity contribution is -0.130. The van der Waals surface area contributed by atoms with Gasteiger partial charge in [0.25, 0.3) is 15.0 Å². The van der Waals surface area contributed by atoms with Crippen molar-refractivity contribution in [1.29, 1.82) is 0 Å². The van der Waals surface area contributed by atoms with Crippen molar-refractivity contribution in [3.05, 3.63) is 23.3 Å². The third kappa shape index (κ3) is 4.11. The molecule has 19 heavy (non-hydrogen) atoms. The molecule has 0 aromatic heterocycles. The zero-order chi connectivity index (χ0) is 14.8. The molecule has 0 atom stereocenters. The first-order valence-corrected chi connectivity index (χ1v) is 7.82. The molecule has 1 rings (SSSR count). The van der Waals surface area contributed by atoms with Crippen molar-refractivity contribution in [3.63, 3.8) is 0 Å². The highest BCUT2D eigenvalue weighted by Crippen LogP contribution is 2.28. The summed E-state index contributed by atoms with van der Waals surface area (Å²) in [5.74, 6) is 0.326. The van der Waals surface area contributed by atoms with Crippen LogP contribution in [0.1, 0.15) is 11.1 Å². The lowest BCUT2D eigenvalue weighted by Crippen LogP contribution is -2.27. The van der Waals surface area contributed by atoms with E-state index in [2.05, 4.69) is 0 Å². The van der Waals surface area contributed by atoms with Crippen LogP contribution in [0, 0.1) is 13.8 Å². The van der Waals surface area contributed by atoms with E-state index in [9.17, 15) is 13.2 Å². The smallest absolute Gasteiger partial charge is 0.261 e. The molecule has 0 aliphatic carbocycles. The second kappa shape index (κ2) is 5.79. The second-order valence-corrected chi connectivity index (χ2v) is 6.97. The van der Waals surface area contributed by atoms with Crippen LogP contribution in [0.3, 0.4) is 0 Å². The lowest BCUT2D eigenvalue weighted by atomic mass is 10.1. The van der Waals surface area contributed by atoms with Crippen molar-refractivity contribution in [2.75, 3.05) is 20.7 Å². The Balaban J connectivity index is 3.02. The quantitative estimate of drug-likeness (QED) is 0.794. The van der Waals surface area contributed by atoms with E-state index < -0.39 is 9.05 Å². The Morgan fingerprint density at radius 3 is 2.11 bits per heavy atom. The molecule has 0 fully saturated rings. The van der Waals surface area contributed by atoms with Crippen LogP contribution in [0.15, 0.2) is 17.0 Å². The predicted molar refractivity (Wildman–Crippen MR) is 73.1 cm³/mol. The highest BCUT2D eigenvalue weighted by molar-refractivity contribution is 8.13. The Morgan fingerprint density at radius 2 is 1.74 bits per heavy atom. The van der Waals surface area contributed by atoms with Crippen LogP contribution in [0.25, 0.3) is 0 Å². The maximum Gasteiger partial charge on any atom is 0.261 e. The molecule has 0 aliphatic heterocycles. The van der Waals surface area contributed by atoms with E-state index in [4.69, 9.17) is 15.4 Å². The fraction of sp³-hybridized carbons (Fsp3) is 0.417. The monoisotopic (exact) mass is 305 g/mol. The summed E-state index contributed by atoms with van der Waals surface area (Å²) >= 11 is 0. The third-order valence-corrected chi connectivity index (χ3v) is 3.89.